The maximum atomic E-state index is 10.6. The van der Waals surface area contributed by atoms with Crippen molar-refractivity contribution in [2.24, 2.45) is 0 Å². The average Bonchev–Trinajstić information content (AvgIpc) is 2.27. The third-order valence-corrected chi connectivity index (χ3v) is 4.27. The Hall–Kier alpha value is -1.16. The molecule has 0 heterocycles. The number of carboxylic acid groups (broad SMARTS) is 1. The van der Waals surface area contributed by atoms with E-state index in [1.165, 1.54) is 11.8 Å². The lowest BCUT2D eigenvalue weighted by atomic mass is 9.78. The van der Waals surface area contributed by atoms with Crippen LogP contribution in [0, 0.1) is 0 Å². The molecule has 0 atom stereocenters. The van der Waals surface area contributed by atoms with Crippen LogP contribution in [0.5, 0.6) is 5.75 Å². The van der Waals surface area contributed by atoms with Crippen LogP contribution < -0.4 is 0 Å². The molecule has 0 radical (unpaired) electrons. The Balaban J connectivity index is 3.24. The van der Waals surface area contributed by atoms with Crippen LogP contribution in [0.1, 0.15) is 58.2 Å². The van der Waals surface area contributed by atoms with Crippen LogP contribution in [0.25, 0.3) is 0 Å². The Labute approximate surface area is 131 Å². The highest BCUT2D eigenvalue weighted by Crippen LogP contribution is 2.40. The van der Waals surface area contributed by atoms with E-state index in [2.05, 4.69) is 41.5 Å². The first-order chi connectivity index (χ1) is 9.43. The Bertz CT molecular complexity index is 487. The number of phenols is 1. The largest absolute Gasteiger partial charge is 0.507 e. The molecular weight excluding hydrogens is 284 g/mol. The summed E-state index contributed by atoms with van der Waals surface area (Å²) in [5.74, 6) is 0.294. The summed E-state index contributed by atoms with van der Waals surface area (Å²) in [4.78, 5) is 10.6. The molecule has 3 nitrogen and oxygen atoms in total. The van der Waals surface area contributed by atoms with Gasteiger partial charge in [0.05, 0.1) is 5.75 Å². The van der Waals surface area contributed by atoms with Gasteiger partial charge in [0.1, 0.15) is 5.75 Å². The Kier molecular flexibility index (Phi) is 5.37. The van der Waals surface area contributed by atoms with Crippen molar-refractivity contribution in [2.75, 3.05) is 5.75 Å². The summed E-state index contributed by atoms with van der Waals surface area (Å²) < 4.78 is 0. The minimum atomic E-state index is -0.800. The average molecular weight is 310 g/mol. The lowest BCUT2D eigenvalue weighted by molar-refractivity contribution is -0.133. The van der Waals surface area contributed by atoms with Crippen molar-refractivity contribution in [3.05, 3.63) is 28.8 Å². The van der Waals surface area contributed by atoms with Gasteiger partial charge in [-0.25, -0.2) is 0 Å². The molecule has 0 aromatic heterocycles. The van der Waals surface area contributed by atoms with E-state index in [9.17, 15) is 9.90 Å². The highest BCUT2D eigenvalue weighted by molar-refractivity contribution is 7.99. The van der Waals surface area contributed by atoms with Crippen molar-refractivity contribution in [3.63, 3.8) is 0 Å². The van der Waals surface area contributed by atoms with Crippen molar-refractivity contribution >= 4 is 17.7 Å². The summed E-state index contributed by atoms with van der Waals surface area (Å²) in [5, 5.41) is 19.3. The zero-order valence-electron chi connectivity index (χ0n) is 13.8. The molecule has 0 saturated carbocycles. The molecule has 0 spiro atoms. The molecule has 0 aliphatic carbocycles. The van der Waals surface area contributed by atoms with Gasteiger partial charge in [-0.15, -0.1) is 11.8 Å². The van der Waals surface area contributed by atoms with Gasteiger partial charge in [0.15, 0.2) is 0 Å². The quantitative estimate of drug-likeness (QED) is 0.870. The van der Waals surface area contributed by atoms with Crippen LogP contribution in [0.4, 0.5) is 0 Å². The second-order valence-corrected chi connectivity index (χ2v) is 8.41. The molecule has 118 valence electrons. The fraction of sp³-hybridized carbons (Fsp3) is 0.588. The van der Waals surface area contributed by atoms with Gasteiger partial charge in [0.25, 0.3) is 0 Å². The molecular formula is C17H26O3S. The number of hydrogen-bond donors (Lipinski definition) is 2. The minimum absolute atomic E-state index is 0.0938. The molecule has 2 N–H and O–H groups in total. The number of rotatable bonds is 4. The van der Waals surface area contributed by atoms with Gasteiger partial charge < -0.3 is 10.2 Å². The first-order valence-corrected chi connectivity index (χ1v) is 8.25. The van der Waals surface area contributed by atoms with Crippen molar-refractivity contribution < 1.29 is 15.0 Å². The monoisotopic (exact) mass is 310 g/mol. The summed E-state index contributed by atoms with van der Waals surface area (Å²) in [6.07, 6.45) is 0. The minimum Gasteiger partial charge on any atom is -0.507 e. The second-order valence-electron chi connectivity index (χ2n) is 7.43. The molecule has 0 aliphatic rings. The van der Waals surface area contributed by atoms with Crippen molar-refractivity contribution in [2.45, 2.75) is 58.1 Å². The SMILES string of the molecule is CC(C)(C)c1cc(CSCC(=O)O)cc(C(C)(C)C)c1O. The normalized spacial score (nSPS) is 12.5. The number of carbonyl (C=O) groups is 1. The topological polar surface area (TPSA) is 57.5 Å². The van der Waals surface area contributed by atoms with E-state index >= 15 is 0 Å². The van der Waals surface area contributed by atoms with Gasteiger partial charge in [-0.3, -0.25) is 4.79 Å². The number of phenolic OH excluding ortho intramolecular Hbond substituents is 1. The van der Waals surface area contributed by atoms with E-state index in [0.717, 1.165) is 16.7 Å². The highest BCUT2D eigenvalue weighted by atomic mass is 32.2. The molecule has 1 aromatic carbocycles. The number of hydrogen-bond acceptors (Lipinski definition) is 3. The number of thioether (sulfide) groups is 1. The van der Waals surface area contributed by atoms with Gasteiger partial charge in [0, 0.05) is 5.75 Å². The molecule has 1 rings (SSSR count). The van der Waals surface area contributed by atoms with Crippen LogP contribution in [0.3, 0.4) is 0 Å². The summed E-state index contributed by atoms with van der Waals surface area (Å²) in [6.45, 7) is 12.4. The van der Waals surface area contributed by atoms with Crippen LogP contribution in [0.2, 0.25) is 0 Å². The van der Waals surface area contributed by atoms with Gasteiger partial charge in [0.2, 0.25) is 0 Å². The molecule has 0 bridgehead atoms. The number of carboxylic acids is 1. The smallest absolute Gasteiger partial charge is 0.313 e. The molecule has 1 aromatic rings. The summed E-state index contributed by atoms with van der Waals surface area (Å²) in [6, 6.07) is 4.00. The Morgan fingerprint density at radius 3 is 1.81 bits per heavy atom. The highest BCUT2D eigenvalue weighted by Gasteiger charge is 2.26. The molecule has 4 heteroatoms. The van der Waals surface area contributed by atoms with Crippen LogP contribution in [-0.4, -0.2) is 21.9 Å². The number of benzene rings is 1. The summed E-state index contributed by atoms with van der Waals surface area (Å²) in [5.41, 5.74) is 2.59. The standard InChI is InChI=1S/C17H26O3S/c1-16(2,3)12-7-11(9-21-10-14(18)19)8-13(15(12)20)17(4,5)6/h7-8,20H,9-10H2,1-6H3,(H,18,19). The van der Waals surface area contributed by atoms with Crippen molar-refractivity contribution in [1.82, 2.24) is 0 Å². The molecule has 0 fully saturated rings. The number of aliphatic carboxylic acids is 1. The van der Waals surface area contributed by atoms with Gasteiger partial charge in [-0.2, -0.15) is 0 Å². The number of aromatic hydroxyl groups is 1. The maximum absolute atomic E-state index is 10.6. The van der Waals surface area contributed by atoms with E-state index in [-0.39, 0.29) is 16.6 Å². The zero-order valence-corrected chi connectivity index (χ0v) is 14.6. The van der Waals surface area contributed by atoms with Crippen molar-refractivity contribution in [3.8, 4) is 5.75 Å². The zero-order chi connectivity index (χ0) is 16.4. The predicted octanol–water partition coefficient (Wildman–Crippen LogP) is 4.31. The van der Waals surface area contributed by atoms with Crippen LogP contribution in [0.15, 0.2) is 12.1 Å². The third kappa shape index (κ3) is 4.95. The first-order valence-electron chi connectivity index (χ1n) is 7.09. The molecule has 0 saturated heterocycles. The Morgan fingerprint density at radius 2 is 1.48 bits per heavy atom. The molecule has 21 heavy (non-hydrogen) atoms. The third-order valence-electron chi connectivity index (χ3n) is 3.28. The predicted molar refractivity (Wildman–Crippen MR) is 89.3 cm³/mol. The fourth-order valence-electron chi connectivity index (χ4n) is 2.18. The van der Waals surface area contributed by atoms with Crippen LogP contribution >= 0.6 is 11.8 Å². The maximum Gasteiger partial charge on any atom is 0.313 e. The lowest BCUT2D eigenvalue weighted by Gasteiger charge is -2.28. The Morgan fingerprint density at radius 1 is 1.05 bits per heavy atom. The summed E-state index contributed by atoms with van der Waals surface area (Å²) >= 11 is 1.38. The molecule has 0 unspecified atom stereocenters. The first kappa shape index (κ1) is 17.9. The molecule has 0 aliphatic heterocycles. The second kappa shape index (κ2) is 6.30. The molecule has 0 amide bonds. The van der Waals surface area contributed by atoms with E-state index in [4.69, 9.17) is 5.11 Å². The van der Waals surface area contributed by atoms with E-state index < -0.39 is 5.97 Å². The van der Waals surface area contributed by atoms with Gasteiger partial charge in [-0.1, -0.05) is 53.7 Å². The van der Waals surface area contributed by atoms with Crippen molar-refractivity contribution in [1.29, 1.82) is 0 Å². The van der Waals surface area contributed by atoms with Gasteiger partial charge in [-0.05, 0) is 27.5 Å². The fourth-order valence-corrected chi connectivity index (χ4v) is 2.86. The lowest BCUT2D eigenvalue weighted by Crippen LogP contribution is -2.17. The summed E-state index contributed by atoms with van der Waals surface area (Å²) in [7, 11) is 0. The van der Waals surface area contributed by atoms with E-state index in [1.54, 1.807) is 0 Å². The van der Waals surface area contributed by atoms with E-state index in [1.807, 2.05) is 12.1 Å². The van der Waals surface area contributed by atoms with Gasteiger partial charge >= 0.3 is 5.97 Å². The van der Waals surface area contributed by atoms with E-state index in [0.29, 0.717) is 11.5 Å². The van der Waals surface area contributed by atoms with Crippen LogP contribution in [-0.2, 0) is 21.4 Å².